The summed E-state index contributed by atoms with van der Waals surface area (Å²) in [6.07, 6.45) is 0. The molecule has 0 N–H and O–H groups in total. The standard InChI is InChI=1S/C49H38N2OS/c1-48(2)37-13-5-9-17-41(37)50(42-18-10-6-14-38(42)48)33-24-21-31(22-25-33)32-23-27-35-45(29-32)53-46-30-34(26-28-36(46)47(35)52)51-43-19-11-7-15-39(43)49(3,4)40-16-8-12-20-44(40)51/h5-30H,1-4H3. The normalized spacial score (nSPS) is 15.1. The fourth-order valence-corrected chi connectivity index (χ4v) is 10.0. The van der Waals surface area contributed by atoms with E-state index in [0.29, 0.717) is 0 Å². The van der Waals surface area contributed by atoms with E-state index < -0.39 is 0 Å². The van der Waals surface area contributed by atoms with Gasteiger partial charge in [0.25, 0.3) is 0 Å². The molecule has 1 aromatic heterocycles. The van der Waals surface area contributed by atoms with Gasteiger partial charge in [0.2, 0.25) is 0 Å². The first-order valence-corrected chi connectivity index (χ1v) is 19.1. The van der Waals surface area contributed by atoms with Crippen LogP contribution in [-0.4, -0.2) is 0 Å². The van der Waals surface area contributed by atoms with Crippen LogP contribution in [0.25, 0.3) is 31.3 Å². The molecule has 0 amide bonds. The molecule has 0 fully saturated rings. The summed E-state index contributed by atoms with van der Waals surface area (Å²) in [6, 6.07) is 56.3. The van der Waals surface area contributed by atoms with Crippen LogP contribution >= 0.6 is 11.3 Å². The molecule has 0 bridgehead atoms. The molecule has 2 aliphatic rings. The van der Waals surface area contributed by atoms with Crippen LogP contribution in [0.5, 0.6) is 0 Å². The van der Waals surface area contributed by atoms with Gasteiger partial charge in [0, 0.05) is 42.4 Å². The van der Waals surface area contributed by atoms with E-state index in [1.54, 1.807) is 11.3 Å². The van der Waals surface area contributed by atoms with Gasteiger partial charge in [0.05, 0.1) is 22.7 Å². The van der Waals surface area contributed by atoms with Gasteiger partial charge in [0.15, 0.2) is 5.43 Å². The summed E-state index contributed by atoms with van der Waals surface area (Å²) in [5.74, 6) is 0. The maximum Gasteiger partial charge on any atom is 0.195 e. The molecule has 8 aromatic rings. The van der Waals surface area contributed by atoms with Crippen LogP contribution in [0, 0.1) is 0 Å². The fourth-order valence-electron chi connectivity index (χ4n) is 8.86. The van der Waals surface area contributed by atoms with Crippen LogP contribution in [0.15, 0.2) is 163 Å². The number of hydrogen-bond donors (Lipinski definition) is 0. The predicted octanol–water partition coefficient (Wildman–Crippen LogP) is 13.3. The molecule has 0 aliphatic carbocycles. The lowest BCUT2D eigenvalue weighted by atomic mass is 9.73. The summed E-state index contributed by atoms with van der Waals surface area (Å²) in [7, 11) is 0. The molecule has 0 radical (unpaired) electrons. The van der Waals surface area contributed by atoms with Crippen molar-refractivity contribution in [1.82, 2.24) is 0 Å². The Labute approximate surface area is 314 Å². The molecule has 0 unspecified atom stereocenters. The largest absolute Gasteiger partial charge is 0.310 e. The molecule has 0 spiro atoms. The number of fused-ring (bicyclic) bond motifs is 6. The van der Waals surface area contributed by atoms with Crippen molar-refractivity contribution >= 4 is 65.6 Å². The highest BCUT2D eigenvalue weighted by molar-refractivity contribution is 7.24. The molecule has 256 valence electrons. The minimum absolute atomic E-state index is 0.0770. The highest BCUT2D eigenvalue weighted by atomic mass is 32.1. The molecule has 4 heteroatoms. The van der Waals surface area contributed by atoms with Crippen molar-refractivity contribution < 1.29 is 0 Å². The first-order chi connectivity index (χ1) is 25.7. The van der Waals surface area contributed by atoms with Gasteiger partial charge in [-0.1, -0.05) is 119 Å². The summed E-state index contributed by atoms with van der Waals surface area (Å²) >= 11 is 1.69. The zero-order valence-electron chi connectivity index (χ0n) is 30.2. The van der Waals surface area contributed by atoms with Gasteiger partial charge >= 0.3 is 0 Å². The van der Waals surface area contributed by atoms with E-state index in [0.717, 1.165) is 42.7 Å². The van der Waals surface area contributed by atoms with Gasteiger partial charge in [-0.3, -0.25) is 4.79 Å². The van der Waals surface area contributed by atoms with Crippen molar-refractivity contribution in [3.8, 4) is 11.1 Å². The summed E-state index contributed by atoms with van der Waals surface area (Å²) < 4.78 is 1.97. The first-order valence-electron chi connectivity index (χ1n) is 18.3. The Kier molecular flexibility index (Phi) is 6.90. The molecule has 3 heterocycles. The maximum absolute atomic E-state index is 14.0. The topological polar surface area (TPSA) is 23.6 Å². The van der Waals surface area contributed by atoms with Crippen molar-refractivity contribution in [2.24, 2.45) is 0 Å². The Hall–Kier alpha value is -5.97. The second-order valence-electron chi connectivity index (χ2n) is 15.4. The lowest BCUT2D eigenvalue weighted by Gasteiger charge is -2.42. The minimum atomic E-state index is -0.129. The van der Waals surface area contributed by atoms with Gasteiger partial charge in [-0.25, -0.2) is 0 Å². The van der Waals surface area contributed by atoms with Gasteiger partial charge in [-0.05, 0) is 100 Å². The fraction of sp³-hybridized carbons (Fsp3) is 0.122. The molecule has 0 saturated carbocycles. The van der Waals surface area contributed by atoms with E-state index in [-0.39, 0.29) is 16.3 Å². The molecular formula is C49H38N2OS. The Balaban J connectivity index is 1.05. The van der Waals surface area contributed by atoms with E-state index in [9.17, 15) is 4.79 Å². The smallest absolute Gasteiger partial charge is 0.195 e. The zero-order valence-corrected chi connectivity index (χ0v) is 31.0. The highest BCUT2D eigenvalue weighted by Gasteiger charge is 2.37. The Morgan fingerprint density at radius 3 is 1.28 bits per heavy atom. The minimum Gasteiger partial charge on any atom is -0.310 e. The molecule has 53 heavy (non-hydrogen) atoms. The predicted molar refractivity (Wildman–Crippen MR) is 225 cm³/mol. The van der Waals surface area contributed by atoms with Crippen molar-refractivity contribution in [2.45, 2.75) is 38.5 Å². The van der Waals surface area contributed by atoms with Crippen LogP contribution in [-0.2, 0) is 10.8 Å². The molecule has 0 atom stereocenters. The van der Waals surface area contributed by atoms with Crippen molar-refractivity contribution in [3.05, 3.63) is 190 Å². The molecule has 0 saturated heterocycles. The first kappa shape index (κ1) is 31.7. The molecular weight excluding hydrogens is 665 g/mol. The average molecular weight is 703 g/mol. The summed E-state index contributed by atoms with van der Waals surface area (Å²) in [4.78, 5) is 18.7. The zero-order chi connectivity index (χ0) is 36.1. The molecule has 7 aromatic carbocycles. The lowest BCUT2D eigenvalue weighted by molar-refractivity contribution is 0.632. The molecule has 10 rings (SSSR count). The number of hydrogen-bond acceptors (Lipinski definition) is 4. The molecule has 2 aliphatic heterocycles. The van der Waals surface area contributed by atoms with Gasteiger partial charge in [0.1, 0.15) is 0 Å². The number of benzene rings is 7. The lowest BCUT2D eigenvalue weighted by Crippen LogP contribution is -2.30. The SMILES string of the molecule is CC1(C)c2ccccc2N(c2ccc(-c3ccc4c(=O)c5ccc(N6c7ccccc7C(C)(C)c7ccccc76)cc5sc4c3)cc2)c2ccccc21. The van der Waals surface area contributed by atoms with Crippen LogP contribution in [0.2, 0.25) is 0 Å². The van der Waals surface area contributed by atoms with Gasteiger partial charge < -0.3 is 9.80 Å². The van der Waals surface area contributed by atoms with Crippen molar-refractivity contribution in [2.75, 3.05) is 9.80 Å². The number of rotatable bonds is 3. The quantitative estimate of drug-likeness (QED) is 0.171. The van der Waals surface area contributed by atoms with Crippen LogP contribution in [0.4, 0.5) is 34.1 Å². The van der Waals surface area contributed by atoms with E-state index in [2.05, 4.69) is 183 Å². The third kappa shape index (κ3) is 4.68. The third-order valence-corrected chi connectivity index (χ3v) is 12.8. The van der Waals surface area contributed by atoms with E-state index in [1.807, 2.05) is 12.1 Å². The number of para-hydroxylation sites is 4. The van der Waals surface area contributed by atoms with Crippen LogP contribution in [0.3, 0.4) is 0 Å². The highest BCUT2D eigenvalue weighted by Crippen LogP contribution is 2.53. The van der Waals surface area contributed by atoms with E-state index >= 15 is 0 Å². The Morgan fingerprint density at radius 1 is 0.415 bits per heavy atom. The summed E-state index contributed by atoms with van der Waals surface area (Å²) in [6.45, 7) is 9.24. The second kappa shape index (κ2) is 11.5. The number of anilines is 6. The summed E-state index contributed by atoms with van der Waals surface area (Å²) in [5.41, 5.74) is 14.2. The average Bonchev–Trinajstić information content (AvgIpc) is 3.18. The van der Waals surface area contributed by atoms with Gasteiger partial charge in [-0.2, -0.15) is 0 Å². The van der Waals surface area contributed by atoms with E-state index in [4.69, 9.17) is 0 Å². The summed E-state index contributed by atoms with van der Waals surface area (Å²) in [5, 5.41) is 1.52. The maximum atomic E-state index is 14.0. The van der Waals surface area contributed by atoms with Crippen LogP contribution in [0.1, 0.15) is 49.9 Å². The van der Waals surface area contributed by atoms with E-state index in [1.165, 1.54) is 45.0 Å². The Bertz CT molecular complexity index is 2730. The second-order valence-corrected chi connectivity index (χ2v) is 16.4. The monoisotopic (exact) mass is 702 g/mol. The van der Waals surface area contributed by atoms with Crippen LogP contribution < -0.4 is 15.2 Å². The van der Waals surface area contributed by atoms with Crippen molar-refractivity contribution in [1.29, 1.82) is 0 Å². The van der Waals surface area contributed by atoms with Crippen molar-refractivity contribution in [3.63, 3.8) is 0 Å². The van der Waals surface area contributed by atoms with Gasteiger partial charge in [-0.15, -0.1) is 11.3 Å². The Morgan fingerprint density at radius 2 is 0.792 bits per heavy atom. The number of nitrogens with zero attached hydrogens (tertiary/aromatic N) is 2. The molecule has 3 nitrogen and oxygen atoms in total. The third-order valence-electron chi connectivity index (χ3n) is 11.6.